The second-order valence-electron chi connectivity index (χ2n) is 8.81. The lowest BCUT2D eigenvalue weighted by Gasteiger charge is -2.15. The van der Waals surface area contributed by atoms with E-state index in [2.05, 4.69) is 30.9 Å². The molecular weight excluding hydrogens is 608 g/mol. The van der Waals surface area contributed by atoms with Gasteiger partial charge in [-0.05, 0) is 49.7 Å². The van der Waals surface area contributed by atoms with Crippen molar-refractivity contribution >= 4 is 29.1 Å². The first-order chi connectivity index (χ1) is 20.1. The first-order valence-electron chi connectivity index (χ1n) is 12.1. The van der Waals surface area contributed by atoms with Crippen LogP contribution in [-0.2, 0) is 18.9 Å². The average molecular weight is 626 g/mol. The minimum Gasteiger partial charge on any atom is -0.352 e. The lowest BCUT2D eigenvalue weighted by molar-refractivity contribution is -0.165. The molecule has 18 heteroatoms. The van der Waals surface area contributed by atoms with Gasteiger partial charge in [0.1, 0.15) is 12.2 Å². The van der Waals surface area contributed by atoms with Crippen molar-refractivity contribution in [3.05, 3.63) is 81.0 Å². The number of anilines is 1. The third-order valence-corrected chi connectivity index (χ3v) is 6.01. The van der Waals surface area contributed by atoms with Crippen molar-refractivity contribution in [3.8, 4) is 11.9 Å². The molecule has 0 aliphatic rings. The van der Waals surface area contributed by atoms with Crippen molar-refractivity contribution in [3.63, 3.8) is 0 Å². The number of carbonyl (C=O) groups is 2. The first-order valence-corrected chi connectivity index (χ1v) is 12.5. The van der Waals surface area contributed by atoms with Crippen molar-refractivity contribution in [1.29, 1.82) is 5.26 Å². The van der Waals surface area contributed by atoms with E-state index in [0.717, 1.165) is 10.7 Å². The summed E-state index contributed by atoms with van der Waals surface area (Å²) in [6.07, 6.45) is -9.59. The van der Waals surface area contributed by atoms with Crippen LogP contribution in [0.15, 0.2) is 36.5 Å². The number of carbonyl (C=O) groups excluding carboxylic acids is 2. The van der Waals surface area contributed by atoms with Crippen LogP contribution in [0.25, 0.3) is 5.82 Å². The third kappa shape index (κ3) is 6.59. The molecule has 0 atom stereocenters. The van der Waals surface area contributed by atoms with Crippen LogP contribution >= 0.6 is 11.6 Å². The molecule has 0 aliphatic carbocycles. The van der Waals surface area contributed by atoms with Crippen LogP contribution in [0.1, 0.15) is 56.0 Å². The van der Waals surface area contributed by atoms with E-state index in [-0.39, 0.29) is 50.4 Å². The molecule has 0 bridgehead atoms. The maximum atomic E-state index is 13.6. The highest BCUT2D eigenvalue weighted by atomic mass is 35.5. The van der Waals surface area contributed by atoms with Crippen LogP contribution in [-0.4, -0.2) is 48.1 Å². The van der Waals surface area contributed by atoms with Gasteiger partial charge in [0, 0.05) is 12.7 Å². The Kier molecular flexibility index (Phi) is 8.44. The fourth-order valence-corrected chi connectivity index (χ4v) is 4.14. The molecule has 0 spiro atoms. The zero-order valence-electron chi connectivity index (χ0n) is 22.0. The Morgan fingerprint density at radius 2 is 1.67 bits per heavy atom. The molecule has 3 heterocycles. The number of halogens is 7. The van der Waals surface area contributed by atoms with Gasteiger partial charge in [-0.3, -0.25) is 9.59 Å². The summed E-state index contributed by atoms with van der Waals surface area (Å²) in [6.45, 7) is 2.63. The molecular formula is C25H18ClF6N9O2. The number of nitriles is 1. The maximum Gasteiger partial charge on any atom is 0.437 e. The van der Waals surface area contributed by atoms with E-state index in [1.54, 1.807) is 6.92 Å². The molecule has 0 unspecified atom stereocenters. The standard InChI is InChI=1S/C25H18ClF6N9O2/c1-3-34-22(42)15-8-13(10-33)7-12(2)18(15)36-23(43)17-9-14(37-41(17)21-16(26)5-4-6-35-21)11-40-38-19(24(27,28)29)20(39-40)25(30,31)32/h4-9H,3,11H2,1-2H3,(H,34,42)(H,36,43). The summed E-state index contributed by atoms with van der Waals surface area (Å²) in [5.74, 6) is -1.59. The number of alkyl halides is 6. The van der Waals surface area contributed by atoms with Crippen molar-refractivity contribution in [2.24, 2.45) is 0 Å². The molecule has 0 fully saturated rings. The monoisotopic (exact) mass is 625 g/mol. The number of benzene rings is 1. The topological polar surface area (TPSA) is 143 Å². The molecule has 11 nitrogen and oxygen atoms in total. The lowest BCUT2D eigenvalue weighted by atomic mass is 10.0. The maximum absolute atomic E-state index is 13.6. The van der Waals surface area contributed by atoms with Crippen molar-refractivity contribution in [2.75, 3.05) is 11.9 Å². The van der Waals surface area contributed by atoms with Crippen molar-refractivity contribution < 1.29 is 35.9 Å². The van der Waals surface area contributed by atoms with Crippen LogP contribution in [0.2, 0.25) is 5.02 Å². The van der Waals surface area contributed by atoms with Gasteiger partial charge < -0.3 is 10.6 Å². The average Bonchev–Trinajstić information content (AvgIpc) is 3.55. The highest BCUT2D eigenvalue weighted by Crippen LogP contribution is 2.38. The van der Waals surface area contributed by atoms with E-state index >= 15 is 0 Å². The number of rotatable bonds is 7. The number of amides is 2. The first kappa shape index (κ1) is 31.0. The summed E-state index contributed by atoms with van der Waals surface area (Å²) >= 11 is 6.23. The summed E-state index contributed by atoms with van der Waals surface area (Å²) < 4.78 is 80.4. The zero-order chi connectivity index (χ0) is 31.7. The van der Waals surface area contributed by atoms with Gasteiger partial charge in [0.2, 0.25) is 0 Å². The summed E-state index contributed by atoms with van der Waals surface area (Å²) in [5.41, 5.74) is -4.52. The minimum atomic E-state index is -5.45. The van der Waals surface area contributed by atoms with Crippen molar-refractivity contribution in [1.82, 2.24) is 35.1 Å². The number of aryl methyl sites for hydroxylation is 1. The number of nitrogens with zero attached hydrogens (tertiary/aromatic N) is 7. The molecule has 0 saturated heterocycles. The zero-order valence-corrected chi connectivity index (χ0v) is 22.7. The quantitative estimate of drug-likeness (QED) is 0.281. The van der Waals surface area contributed by atoms with Gasteiger partial charge in [0.15, 0.2) is 17.2 Å². The molecule has 2 N–H and O–H groups in total. The van der Waals surface area contributed by atoms with E-state index < -0.39 is 42.1 Å². The summed E-state index contributed by atoms with van der Waals surface area (Å²) in [7, 11) is 0. The number of nitrogens with one attached hydrogen (secondary N) is 2. The molecule has 0 radical (unpaired) electrons. The van der Waals surface area contributed by atoms with Gasteiger partial charge in [-0.15, -0.1) is 10.2 Å². The second-order valence-corrected chi connectivity index (χ2v) is 9.21. The fraction of sp³-hybridized carbons (Fsp3) is 0.240. The Bertz CT molecular complexity index is 1720. The van der Waals surface area contributed by atoms with Gasteiger partial charge in [0.25, 0.3) is 11.8 Å². The fourth-order valence-electron chi connectivity index (χ4n) is 3.94. The molecule has 4 rings (SSSR count). The number of aromatic nitrogens is 6. The summed E-state index contributed by atoms with van der Waals surface area (Å²) in [4.78, 5) is 30.5. The van der Waals surface area contributed by atoms with Gasteiger partial charge in [-0.2, -0.15) is 41.5 Å². The van der Waals surface area contributed by atoms with Crippen LogP contribution in [0.5, 0.6) is 0 Å². The molecule has 4 aromatic rings. The number of hydrogen-bond acceptors (Lipinski definition) is 7. The normalized spacial score (nSPS) is 11.7. The Hall–Kier alpha value is -4.98. The molecule has 224 valence electrons. The molecule has 0 saturated carbocycles. The predicted molar refractivity (Wildman–Crippen MR) is 137 cm³/mol. The second kappa shape index (κ2) is 11.7. The lowest BCUT2D eigenvalue weighted by Crippen LogP contribution is -2.26. The van der Waals surface area contributed by atoms with Crippen LogP contribution in [0.3, 0.4) is 0 Å². The Morgan fingerprint density at radius 1 is 1.02 bits per heavy atom. The Morgan fingerprint density at radius 3 is 2.23 bits per heavy atom. The van der Waals surface area contributed by atoms with Gasteiger partial charge in [-0.25, -0.2) is 9.67 Å². The van der Waals surface area contributed by atoms with E-state index in [0.29, 0.717) is 5.56 Å². The minimum absolute atomic E-state index is 0.000282. The highest BCUT2D eigenvalue weighted by molar-refractivity contribution is 6.32. The van der Waals surface area contributed by atoms with Gasteiger partial charge in [-0.1, -0.05) is 11.6 Å². The predicted octanol–water partition coefficient (Wildman–Crippen LogP) is 4.78. The van der Waals surface area contributed by atoms with Gasteiger partial charge >= 0.3 is 12.4 Å². The van der Waals surface area contributed by atoms with E-state index in [4.69, 9.17) is 11.6 Å². The van der Waals surface area contributed by atoms with Crippen LogP contribution in [0, 0.1) is 18.3 Å². The van der Waals surface area contributed by atoms with Crippen LogP contribution in [0.4, 0.5) is 32.0 Å². The largest absolute Gasteiger partial charge is 0.437 e. The Labute approximate surface area is 243 Å². The van der Waals surface area contributed by atoms with Crippen molar-refractivity contribution in [2.45, 2.75) is 32.7 Å². The van der Waals surface area contributed by atoms with Crippen LogP contribution < -0.4 is 10.6 Å². The highest BCUT2D eigenvalue weighted by Gasteiger charge is 2.48. The van der Waals surface area contributed by atoms with E-state index in [1.165, 1.54) is 37.4 Å². The van der Waals surface area contributed by atoms with Gasteiger partial charge in [0.05, 0.1) is 33.6 Å². The van der Waals surface area contributed by atoms with E-state index in [1.807, 2.05) is 6.07 Å². The Balaban J connectivity index is 1.80. The molecule has 2 amide bonds. The SMILES string of the molecule is CCNC(=O)c1cc(C#N)cc(C)c1NC(=O)c1cc(Cn2nc(C(F)(F)F)c(C(F)(F)F)n2)nn1-c1ncccc1Cl. The molecule has 1 aromatic carbocycles. The molecule has 3 aromatic heterocycles. The third-order valence-electron chi connectivity index (χ3n) is 5.71. The number of hydrogen-bond donors (Lipinski definition) is 2. The molecule has 43 heavy (non-hydrogen) atoms. The molecule has 0 aliphatic heterocycles. The smallest absolute Gasteiger partial charge is 0.352 e. The van der Waals surface area contributed by atoms with E-state index in [9.17, 15) is 41.2 Å². The number of pyridine rings is 1. The summed E-state index contributed by atoms with van der Waals surface area (Å²) in [6, 6.07) is 8.56. The summed E-state index contributed by atoms with van der Waals surface area (Å²) in [5, 5.41) is 24.5.